The Labute approximate surface area is 155 Å². The highest BCUT2D eigenvalue weighted by Crippen LogP contribution is 2.34. The lowest BCUT2D eigenvalue weighted by molar-refractivity contribution is -0.137. The van der Waals surface area contributed by atoms with Gasteiger partial charge in [-0.2, -0.15) is 0 Å². The molecule has 1 unspecified atom stereocenters. The molecule has 0 aliphatic heterocycles. The van der Waals surface area contributed by atoms with Crippen LogP contribution in [0.5, 0.6) is 0 Å². The van der Waals surface area contributed by atoms with Crippen LogP contribution in [-0.2, 0) is 4.79 Å². The van der Waals surface area contributed by atoms with Gasteiger partial charge >= 0.3 is 5.97 Å². The predicted octanol–water partition coefficient (Wildman–Crippen LogP) is 3.29. The molecule has 0 saturated heterocycles. The zero-order valence-corrected chi connectivity index (χ0v) is 15.4. The fraction of sp³-hybridized carbons (Fsp3) is 0.600. The minimum absolute atomic E-state index is 0.119. The van der Waals surface area contributed by atoms with Crippen molar-refractivity contribution >= 4 is 11.7 Å². The second-order valence-corrected chi connectivity index (χ2v) is 6.61. The highest BCUT2D eigenvalue weighted by atomic mass is 16.4. The summed E-state index contributed by atoms with van der Waals surface area (Å²) < 4.78 is 0. The zero-order chi connectivity index (χ0) is 19.4. The Hall–Kier alpha value is -1.92. The molecule has 1 aliphatic carbocycles. The number of carboxylic acids is 1. The van der Waals surface area contributed by atoms with Crippen LogP contribution in [-0.4, -0.2) is 44.4 Å². The van der Waals surface area contributed by atoms with E-state index in [1.54, 1.807) is 6.08 Å². The van der Waals surface area contributed by atoms with Gasteiger partial charge in [0.2, 0.25) is 0 Å². The number of rotatable bonds is 11. The minimum Gasteiger partial charge on any atom is -0.481 e. The lowest BCUT2D eigenvalue weighted by Gasteiger charge is -2.17. The normalized spacial score (nSPS) is 26.6. The van der Waals surface area contributed by atoms with Crippen LogP contribution in [0.25, 0.3) is 0 Å². The molecule has 4 atom stereocenters. The maximum Gasteiger partial charge on any atom is 0.303 e. The number of unbranched alkanes of at least 4 members (excludes halogenated alkanes) is 1. The molecule has 146 valence electrons. The van der Waals surface area contributed by atoms with Crippen LogP contribution >= 0.6 is 0 Å². The molecule has 4 N–H and O–H groups in total. The van der Waals surface area contributed by atoms with Gasteiger partial charge in [0.25, 0.3) is 0 Å². The number of hydrogen-bond donors (Lipinski definition) is 4. The number of nitrogens with zero attached hydrogens (tertiary/aromatic N) is 1. The van der Waals surface area contributed by atoms with Gasteiger partial charge in [-0.3, -0.25) is 4.79 Å². The third-order valence-electron chi connectivity index (χ3n) is 4.54. The van der Waals surface area contributed by atoms with Gasteiger partial charge in [-0.05, 0) is 32.1 Å². The molecule has 6 nitrogen and oxygen atoms in total. The van der Waals surface area contributed by atoms with Gasteiger partial charge in [0.05, 0.1) is 17.9 Å². The van der Waals surface area contributed by atoms with E-state index < -0.39 is 18.2 Å². The number of aliphatic carboxylic acids is 1. The zero-order valence-electron chi connectivity index (χ0n) is 15.4. The first kappa shape index (κ1) is 22.1. The number of allylic oxidation sites excluding steroid dienone is 4. The maximum atomic E-state index is 10.5. The van der Waals surface area contributed by atoms with E-state index in [4.69, 9.17) is 5.11 Å². The number of carbonyl (C=O) groups is 1. The first-order valence-corrected chi connectivity index (χ1v) is 9.26. The fourth-order valence-corrected chi connectivity index (χ4v) is 3.12. The van der Waals surface area contributed by atoms with E-state index >= 15 is 0 Å². The summed E-state index contributed by atoms with van der Waals surface area (Å²) in [4.78, 5) is 10.5. The Morgan fingerprint density at radius 3 is 2.73 bits per heavy atom. The SMILES string of the molecule is CC/C=C/CC(O)/C=C/[C@H]1/C(=N\O)C[C@H](O)[C@@H]1C/C=C\CCCC(=O)O. The monoisotopic (exact) mass is 365 g/mol. The summed E-state index contributed by atoms with van der Waals surface area (Å²) in [6.07, 6.45) is 13.9. The number of aliphatic hydroxyl groups excluding tert-OH is 2. The van der Waals surface area contributed by atoms with Crippen molar-refractivity contribution in [2.45, 2.75) is 64.1 Å². The lowest BCUT2D eigenvalue weighted by Crippen LogP contribution is -2.19. The van der Waals surface area contributed by atoms with Gasteiger partial charge in [0.1, 0.15) is 0 Å². The van der Waals surface area contributed by atoms with Crippen molar-refractivity contribution in [1.29, 1.82) is 0 Å². The van der Waals surface area contributed by atoms with Crippen molar-refractivity contribution in [3.05, 3.63) is 36.5 Å². The largest absolute Gasteiger partial charge is 0.481 e. The molecule has 26 heavy (non-hydrogen) atoms. The van der Waals surface area contributed by atoms with Crippen LogP contribution in [0.1, 0.15) is 51.9 Å². The molecular formula is C20H31NO5. The van der Waals surface area contributed by atoms with Crippen LogP contribution in [0.2, 0.25) is 0 Å². The van der Waals surface area contributed by atoms with Gasteiger partial charge < -0.3 is 20.5 Å². The fourth-order valence-electron chi connectivity index (χ4n) is 3.12. The van der Waals surface area contributed by atoms with E-state index in [1.807, 2.05) is 37.3 Å². The molecule has 6 heteroatoms. The van der Waals surface area contributed by atoms with Gasteiger partial charge in [-0.15, -0.1) is 0 Å². The molecule has 1 fully saturated rings. The quantitative estimate of drug-likeness (QED) is 0.194. The molecule has 0 bridgehead atoms. The molecule has 0 aromatic carbocycles. The summed E-state index contributed by atoms with van der Waals surface area (Å²) in [6.45, 7) is 2.03. The first-order valence-electron chi connectivity index (χ1n) is 9.26. The molecule has 0 heterocycles. The van der Waals surface area contributed by atoms with E-state index in [-0.39, 0.29) is 18.3 Å². The average molecular weight is 365 g/mol. The molecule has 0 radical (unpaired) electrons. The Bertz CT molecular complexity index is 538. The van der Waals surface area contributed by atoms with Crippen LogP contribution in [0, 0.1) is 11.8 Å². The molecule has 1 aliphatic rings. The van der Waals surface area contributed by atoms with Gasteiger partial charge in [-0.25, -0.2) is 0 Å². The highest BCUT2D eigenvalue weighted by Gasteiger charge is 2.38. The molecule has 1 rings (SSSR count). The van der Waals surface area contributed by atoms with Crippen LogP contribution in [0.15, 0.2) is 41.6 Å². The van der Waals surface area contributed by atoms with Crippen molar-refractivity contribution in [3.63, 3.8) is 0 Å². The molecule has 0 spiro atoms. The van der Waals surface area contributed by atoms with Gasteiger partial charge in [-0.1, -0.05) is 48.5 Å². The predicted molar refractivity (Wildman–Crippen MR) is 101 cm³/mol. The summed E-state index contributed by atoms with van der Waals surface area (Å²) in [5.74, 6) is -1.14. The van der Waals surface area contributed by atoms with Crippen LogP contribution in [0.4, 0.5) is 0 Å². The topological polar surface area (TPSA) is 110 Å². The number of oxime groups is 1. The third-order valence-corrected chi connectivity index (χ3v) is 4.54. The van der Waals surface area contributed by atoms with Crippen molar-refractivity contribution in [1.82, 2.24) is 0 Å². The Morgan fingerprint density at radius 2 is 2.08 bits per heavy atom. The molecule has 0 amide bonds. The number of hydrogen-bond acceptors (Lipinski definition) is 5. The third kappa shape index (κ3) is 7.97. The summed E-state index contributed by atoms with van der Waals surface area (Å²) in [5, 5.41) is 41.4. The number of carboxylic acid groups (broad SMARTS) is 1. The number of aliphatic hydroxyl groups is 2. The highest BCUT2D eigenvalue weighted by molar-refractivity contribution is 5.90. The van der Waals surface area contributed by atoms with Crippen LogP contribution in [0.3, 0.4) is 0 Å². The summed E-state index contributed by atoms with van der Waals surface area (Å²) >= 11 is 0. The first-order chi connectivity index (χ1) is 12.5. The second-order valence-electron chi connectivity index (χ2n) is 6.61. The summed E-state index contributed by atoms with van der Waals surface area (Å²) in [6, 6.07) is 0. The van der Waals surface area contributed by atoms with Crippen molar-refractivity contribution in [3.8, 4) is 0 Å². The van der Waals surface area contributed by atoms with Crippen molar-refractivity contribution in [2.24, 2.45) is 17.0 Å². The van der Waals surface area contributed by atoms with E-state index in [0.717, 1.165) is 6.42 Å². The molecule has 0 aromatic rings. The molecule has 0 aromatic heterocycles. The van der Waals surface area contributed by atoms with Gasteiger partial charge in [0.15, 0.2) is 0 Å². The summed E-state index contributed by atoms with van der Waals surface area (Å²) in [5.41, 5.74) is 0.523. The Morgan fingerprint density at radius 1 is 1.31 bits per heavy atom. The van der Waals surface area contributed by atoms with Crippen molar-refractivity contribution < 1.29 is 25.3 Å². The van der Waals surface area contributed by atoms with Gasteiger partial charge in [0, 0.05) is 24.7 Å². The average Bonchev–Trinajstić information content (AvgIpc) is 2.91. The van der Waals surface area contributed by atoms with E-state index in [2.05, 4.69) is 5.16 Å². The Balaban J connectivity index is 2.62. The molecular weight excluding hydrogens is 334 g/mol. The van der Waals surface area contributed by atoms with E-state index in [9.17, 15) is 20.2 Å². The standard InChI is InChI=1S/C20H31NO5/c1-2-3-6-9-15(22)12-13-16-17(19(23)14-18(16)21-26)10-7-4-5-8-11-20(24)25/h3-4,6-7,12-13,15-17,19,22-23,26H,2,5,8-11,14H2,1H3,(H,24,25)/b6-3+,7-4-,13-12+,21-18-/t15?,16-,17-,19+/m1/s1. The van der Waals surface area contributed by atoms with Crippen molar-refractivity contribution in [2.75, 3.05) is 0 Å². The van der Waals surface area contributed by atoms with E-state index in [0.29, 0.717) is 37.8 Å². The summed E-state index contributed by atoms with van der Waals surface area (Å²) in [7, 11) is 0. The second kappa shape index (κ2) is 12.4. The molecule has 1 saturated carbocycles. The lowest BCUT2D eigenvalue weighted by atomic mass is 9.90. The van der Waals surface area contributed by atoms with E-state index in [1.165, 1.54) is 0 Å². The smallest absolute Gasteiger partial charge is 0.303 e. The maximum absolute atomic E-state index is 10.5. The Kier molecular flexibility index (Phi) is 10.6. The minimum atomic E-state index is -0.800. The van der Waals surface area contributed by atoms with Crippen LogP contribution < -0.4 is 0 Å².